The number of hydrogen-bond acceptors (Lipinski definition) is 7. The number of sulfonamides is 1. The number of morpholine rings is 1. The normalized spacial score (nSPS) is 19.3. The summed E-state index contributed by atoms with van der Waals surface area (Å²) in [7, 11) is -3.96. The second-order valence-corrected chi connectivity index (χ2v) is 12.8. The molecule has 0 saturated carbocycles. The van der Waals surface area contributed by atoms with Gasteiger partial charge in [0, 0.05) is 32.7 Å². The fourth-order valence-electron chi connectivity index (χ4n) is 5.10. The average molecular weight is 561 g/mol. The summed E-state index contributed by atoms with van der Waals surface area (Å²) in [6, 6.07) is 8.01. The van der Waals surface area contributed by atoms with Gasteiger partial charge in [-0.3, -0.25) is 14.6 Å². The predicted octanol–water partition coefficient (Wildman–Crippen LogP) is 3.96. The first-order chi connectivity index (χ1) is 18.3. The molecular weight excluding hydrogens is 527 g/mol. The number of aryl methyl sites for hydroxylation is 2. The number of aromatic nitrogens is 1. The van der Waals surface area contributed by atoms with Crippen molar-refractivity contribution in [1.29, 1.82) is 0 Å². The van der Waals surface area contributed by atoms with Gasteiger partial charge in [-0.25, -0.2) is 17.8 Å². The number of carbonyl (C=O) groups excluding carboxylic acids is 1. The lowest BCUT2D eigenvalue weighted by molar-refractivity contribution is -0.121. The van der Waals surface area contributed by atoms with Gasteiger partial charge >= 0.3 is 0 Å². The first kappa shape index (κ1) is 27.1. The highest BCUT2D eigenvalue weighted by molar-refractivity contribution is 7.89. The van der Waals surface area contributed by atoms with Crippen LogP contribution in [0.4, 0.5) is 9.52 Å². The summed E-state index contributed by atoms with van der Waals surface area (Å²) in [5.41, 5.74) is 3.08. The van der Waals surface area contributed by atoms with E-state index in [4.69, 9.17) is 9.72 Å². The number of anilines is 1. The van der Waals surface area contributed by atoms with Crippen molar-refractivity contribution >= 4 is 42.6 Å². The van der Waals surface area contributed by atoms with Crippen molar-refractivity contribution in [3.05, 3.63) is 53.3 Å². The summed E-state index contributed by atoms with van der Waals surface area (Å²) in [6.45, 7) is 8.70. The Morgan fingerprint density at radius 1 is 1.13 bits per heavy atom. The van der Waals surface area contributed by atoms with Crippen molar-refractivity contribution in [2.45, 2.75) is 44.0 Å². The van der Waals surface area contributed by atoms with Crippen molar-refractivity contribution in [3.63, 3.8) is 0 Å². The van der Waals surface area contributed by atoms with Crippen LogP contribution >= 0.6 is 11.3 Å². The lowest BCUT2D eigenvalue weighted by Gasteiger charge is -2.30. The molecule has 0 bridgehead atoms. The van der Waals surface area contributed by atoms with Crippen LogP contribution in [0.25, 0.3) is 10.2 Å². The molecule has 0 aliphatic carbocycles. The second-order valence-electron chi connectivity index (χ2n) is 9.88. The predicted molar refractivity (Wildman–Crippen MR) is 147 cm³/mol. The lowest BCUT2D eigenvalue weighted by atomic mass is 10.1. The third kappa shape index (κ3) is 5.48. The van der Waals surface area contributed by atoms with Crippen molar-refractivity contribution in [3.8, 4) is 0 Å². The van der Waals surface area contributed by atoms with Gasteiger partial charge in [0.25, 0.3) is 0 Å². The number of thiazole rings is 1. The third-order valence-electron chi connectivity index (χ3n) is 7.44. The van der Waals surface area contributed by atoms with Crippen LogP contribution in [0.15, 0.2) is 41.3 Å². The monoisotopic (exact) mass is 560 g/mol. The van der Waals surface area contributed by atoms with E-state index in [9.17, 15) is 17.6 Å². The molecule has 204 valence electrons. The van der Waals surface area contributed by atoms with Gasteiger partial charge in [0.1, 0.15) is 11.9 Å². The zero-order valence-electron chi connectivity index (χ0n) is 21.7. The fourth-order valence-corrected chi connectivity index (χ4v) is 7.81. The highest BCUT2D eigenvalue weighted by atomic mass is 32.2. The van der Waals surface area contributed by atoms with E-state index in [-0.39, 0.29) is 17.3 Å². The molecule has 1 unspecified atom stereocenters. The Morgan fingerprint density at radius 3 is 2.61 bits per heavy atom. The number of halogens is 1. The first-order valence-corrected chi connectivity index (χ1v) is 15.3. The molecular formula is C27H33FN4O4S2. The van der Waals surface area contributed by atoms with Crippen LogP contribution in [-0.4, -0.2) is 80.5 Å². The maximum atomic E-state index is 14.1. The number of fused-ring (bicyclic) bond motifs is 1. The molecule has 5 rings (SSSR count). The number of hydrogen-bond donors (Lipinski definition) is 0. The molecule has 0 spiro atoms. The number of nitrogens with zero attached hydrogens (tertiary/aromatic N) is 4. The maximum Gasteiger partial charge on any atom is 0.247 e. The Kier molecular flexibility index (Phi) is 8.11. The number of ether oxygens (including phenoxy) is 1. The summed E-state index contributed by atoms with van der Waals surface area (Å²) in [6.07, 6.45) is 1.75. The summed E-state index contributed by atoms with van der Waals surface area (Å²) in [5.74, 6) is -0.769. The van der Waals surface area contributed by atoms with E-state index in [1.54, 1.807) is 4.90 Å². The molecule has 0 radical (unpaired) electrons. The minimum absolute atomic E-state index is 0.0106. The minimum atomic E-state index is -3.96. The quantitative estimate of drug-likeness (QED) is 0.415. The van der Waals surface area contributed by atoms with Crippen molar-refractivity contribution < 1.29 is 22.3 Å². The van der Waals surface area contributed by atoms with E-state index in [0.29, 0.717) is 37.7 Å². The Bertz CT molecular complexity index is 1400. The Hall–Kier alpha value is -2.44. The van der Waals surface area contributed by atoms with E-state index in [1.165, 1.54) is 27.8 Å². The SMILES string of the molecule is Cc1ccc2sc(N(CCCN3CCOCC3)C(=O)C3CCCN3S(=O)(=O)c3ccc(F)cc3)nc2c1C. The fraction of sp³-hybridized carbons (Fsp3) is 0.481. The number of rotatable bonds is 8. The number of carbonyl (C=O) groups is 1. The van der Waals surface area contributed by atoms with E-state index in [1.807, 2.05) is 19.9 Å². The molecule has 1 aromatic heterocycles. The summed E-state index contributed by atoms with van der Waals surface area (Å²) in [5, 5.41) is 0.590. The van der Waals surface area contributed by atoms with Gasteiger partial charge in [-0.05, 0) is 74.6 Å². The van der Waals surface area contributed by atoms with Gasteiger partial charge < -0.3 is 4.74 Å². The minimum Gasteiger partial charge on any atom is -0.379 e. The molecule has 3 aromatic rings. The van der Waals surface area contributed by atoms with Gasteiger partial charge in [-0.15, -0.1) is 0 Å². The van der Waals surface area contributed by atoms with E-state index in [0.717, 1.165) is 59.5 Å². The average Bonchev–Trinajstić information content (AvgIpc) is 3.58. The molecule has 8 nitrogen and oxygen atoms in total. The Balaban J connectivity index is 1.43. The highest BCUT2D eigenvalue weighted by Gasteiger charge is 2.42. The summed E-state index contributed by atoms with van der Waals surface area (Å²) in [4.78, 5) is 23.0. The van der Waals surface area contributed by atoms with Gasteiger partial charge in [0.15, 0.2) is 5.13 Å². The maximum absolute atomic E-state index is 14.1. The van der Waals surface area contributed by atoms with Crippen LogP contribution < -0.4 is 4.90 Å². The van der Waals surface area contributed by atoms with Gasteiger partial charge in [0.05, 0.1) is 28.3 Å². The molecule has 2 saturated heterocycles. The molecule has 2 aliphatic heterocycles. The van der Waals surface area contributed by atoms with Gasteiger partial charge in [0.2, 0.25) is 15.9 Å². The van der Waals surface area contributed by atoms with Crippen molar-refractivity contribution in [1.82, 2.24) is 14.2 Å². The molecule has 1 amide bonds. The topological polar surface area (TPSA) is 83.0 Å². The van der Waals surface area contributed by atoms with Crippen LogP contribution in [0, 0.1) is 19.7 Å². The summed E-state index contributed by atoms with van der Waals surface area (Å²) >= 11 is 1.46. The summed E-state index contributed by atoms with van der Waals surface area (Å²) < 4.78 is 48.1. The lowest BCUT2D eigenvalue weighted by Crippen LogP contribution is -2.48. The van der Waals surface area contributed by atoms with Crippen LogP contribution in [0.1, 0.15) is 30.4 Å². The Morgan fingerprint density at radius 2 is 1.87 bits per heavy atom. The zero-order valence-corrected chi connectivity index (χ0v) is 23.4. The molecule has 3 heterocycles. The van der Waals surface area contributed by atoms with E-state index < -0.39 is 21.9 Å². The smallest absolute Gasteiger partial charge is 0.247 e. The van der Waals surface area contributed by atoms with Crippen molar-refractivity contribution in [2.24, 2.45) is 0 Å². The molecule has 0 N–H and O–H groups in total. The molecule has 2 aromatic carbocycles. The second kappa shape index (κ2) is 11.4. The molecule has 11 heteroatoms. The molecule has 1 atom stereocenters. The van der Waals surface area contributed by atoms with Gasteiger partial charge in [-0.1, -0.05) is 17.4 Å². The standard InChI is InChI=1S/C27H33FN4O4S2/c1-19-6-11-24-25(20(19)2)29-27(37-24)31(13-4-12-30-15-17-36-18-16-30)26(33)23-5-3-14-32(23)38(34,35)22-9-7-21(28)8-10-22/h6-11,23H,3-5,12-18H2,1-2H3. The molecule has 38 heavy (non-hydrogen) atoms. The number of benzene rings is 2. The molecule has 2 fully saturated rings. The zero-order chi connectivity index (χ0) is 26.9. The van der Waals surface area contributed by atoms with Crippen LogP contribution in [0.5, 0.6) is 0 Å². The van der Waals surface area contributed by atoms with Crippen molar-refractivity contribution in [2.75, 3.05) is 50.8 Å². The van der Waals surface area contributed by atoms with Crippen LogP contribution in [0.2, 0.25) is 0 Å². The molecule has 2 aliphatic rings. The Labute approximate surface area is 227 Å². The van der Waals surface area contributed by atoms with E-state index >= 15 is 0 Å². The van der Waals surface area contributed by atoms with Crippen LogP contribution in [0.3, 0.4) is 0 Å². The highest BCUT2D eigenvalue weighted by Crippen LogP contribution is 2.34. The largest absolute Gasteiger partial charge is 0.379 e. The first-order valence-electron chi connectivity index (χ1n) is 13.0. The van der Waals surface area contributed by atoms with Gasteiger partial charge in [-0.2, -0.15) is 4.31 Å². The third-order valence-corrected chi connectivity index (χ3v) is 10.4. The van der Waals surface area contributed by atoms with Crippen LogP contribution in [-0.2, 0) is 19.6 Å². The number of amides is 1. The van der Waals surface area contributed by atoms with E-state index in [2.05, 4.69) is 11.0 Å².